The van der Waals surface area contributed by atoms with Crippen molar-refractivity contribution in [2.45, 2.75) is 39.3 Å². The first-order valence-corrected chi connectivity index (χ1v) is 12.6. The van der Waals surface area contributed by atoms with Crippen molar-refractivity contribution in [1.82, 2.24) is 14.2 Å². The Labute approximate surface area is 200 Å². The van der Waals surface area contributed by atoms with E-state index in [-0.39, 0.29) is 30.0 Å². The number of aromatic nitrogens is 2. The summed E-state index contributed by atoms with van der Waals surface area (Å²) in [6, 6.07) is 1.93. The molecule has 0 radical (unpaired) electrons. The van der Waals surface area contributed by atoms with E-state index in [2.05, 4.69) is 15.9 Å². The Morgan fingerprint density at radius 3 is 2.62 bits per heavy atom. The van der Waals surface area contributed by atoms with Crippen LogP contribution in [-0.2, 0) is 24.9 Å². The Kier molecular flexibility index (Phi) is 6.23. The van der Waals surface area contributed by atoms with Crippen molar-refractivity contribution in [2.75, 3.05) is 13.2 Å². The van der Waals surface area contributed by atoms with Gasteiger partial charge < -0.3 is 5.11 Å². The molecule has 0 unspecified atom stereocenters. The first-order chi connectivity index (χ1) is 15.0. The minimum Gasteiger partial charge on any atom is -0.386 e. The van der Waals surface area contributed by atoms with Crippen LogP contribution in [0, 0.1) is 5.92 Å². The van der Waals surface area contributed by atoms with Crippen LogP contribution in [0.4, 0.5) is 0 Å². The van der Waals surface area contributed by atoms with Crippen LogP contribution < -0.4 is 11.2 Å². The number of hydroxylamine groups is 2. The van der Waals surface area contributed by atoms with Crippen molar-refractivity contribution in [3.8, 4) is 0 Å². The smallest absolute Gasteiger partial charge is 0.331 e. The van der Waals surface area contributed by atoms with Crippen LogP contribution in [0.1, 0.15) is 40.9 Å². The van der Waals surface area contributed by atoms with Gasteiger partial charge in [-0.15, -0.1) is 22.7 Å². The number of carbonyl (C=O) groups is 1. The van der Waals surface area contributed by atoms with Crippen molar-refractivity contribution in [3.63, 3.8) is 0 Å². The number of thiophene rings is 2. The summed E-state index contributed by atoms with van der Waals surface area (Å²) >= 11 is 6.37. The molecule has 1 aliphatic rings. The summed E-state index contributed by atoms with van der Waals surface area (Å²) in [5.41, 5.74) is -1.84. The standard InChI is InChI=1S/C21H24BrN3O5S2/c1-11(2)8-24-19-16(17(26)23(4)20(24)28)15(18(27)25-9-21(3,29)10-30-25)14(32-19)7-13-12(22)5-6-31-13/h5-6,11,29H,7-10H2,1-4H3/t21-/m0/s1. The average Bonchev–Trinajstić information content (AvgIpc) is 3.40. The number of hydrogen-bond donors (Lipinski definition) is 1. The molecule has 4 heterocycles. The summed E-state index contributed by atoms with van der Waals surface area (Å²) in [5.74, 6) is -0.315. The Morgan fingerprint density at radius 1 is 1.34 bits per heavy atom. The van der Waals surface area contributed by atoms with E-state index in [1.807, 2.05) is 25.3 Å². The third kappa shape index (κ3) is 4.12. The molecule has 0 spiro atoms. The monoisotopic (exact) mass is 541 g/mol. The number of rotatable bonds is 5. The van der Waals surface area contributed by atoms with Crippen LogP contribution >= 0.6 is 38.6 Å². The van der Waals surface area contributed by atoms with Crippen LogP contribution in [0.5, 0.6) is 0 Å². The van der Waals surface area contributed by atoms with Crippen LogP contribution in [0.3, 0.4) is 0 Å². The number of halogens is 1. The quantitative estimate of drug-likeness (QED) is 0.535. The molecule has 1 saturated heterocycles. The molecule has 0 saturated carbocycles. The second kappa shape index (κ2) is 8.53. The van der Waals surface area contributed by atoms with Gasteiger partial charge in [-0.25, -0.2) is 9.86 Å². The molecule has 0 bridgehead atoms. The molecular formula is C21H24BrN3O5S2. The number of β-amino-alcohol motifs (C(OH)–C–C–N with tert-alkyl or cyclic N) is 1. The molecule has 1 atom stereocenters. The van der Waals surface area contributed by atoms with E-state index in [4.69, 9.17) is 4.84 Å². The molecule has 0 aliphatic carbocycles. The molecule has 3 aromatic heterocycles. The topological polar surface area (TPSA) is 93.8 Å². The van der Waals surface area contributed by atoms with E-state index in [1.165, 1.54) is 18.4 Å². The van der Waals surface area contributed by atoms with Crippen LogP contribution in [0.25, 0.3) is 10.2 Å². The van der Waals surface area contributed by atoms with Crippen molar-refractivity contribution in [2.24, 2.45) is 13.0 Å². The van der Waals surface area contributed by atoms with Crippen LogP contribution in [-0.4, -0.2) is 44.0 Å². The van der Waals surface area contributed by atoms with E-state index in [0.717, 1.165) is 19.0 Å². The van der Waals surface area contributed by atoms with Gasteiger partial charge in [0.1, 0.15) is 17.0 Å². The minimum atomic E-state index is -1.16. The fraction of sp³-hybridized carbons (Fsp3) is 0.476. The first kappa shape index (κ1) is 23.4. The molecule has 172 valence electrons. The summed E-state index contributed by atoms with van der Waals surface area (Å²) in [5, 5.41) is 13.6. The Balaban J connectivity index is 1.98. The third-order valence-corrected chi connectivity index (χ3v) is 8.40. The number of fused-ring (bicyclic) bond motifs is 1. The molecule has 1 amide bonds. The number of hydrogen-bond acceptors (Lipinski definition) is 7. The second-order valence-corrected chi connectivity index (χ2v) is 11.7. The van der Waals surface area contributed by atoms with Gasteiger partial charge in [0.2, 0.25) is 0 Å². The Morgan fingerprint density at radius 2 is 2.06 bits per heavy atom. The predicted molar refractivity (Wildman–Crippen MR) is 129 cm³/mol. The number of aliphatic hydroxyl groups is 1. The Bertz CT molecular complexity index is 1320. The molecular weight excluding hydrogens is 518 g/mol. The molecule has 4 rings (SSSR count). The molecule has 8 nitrogen and oxygen atoms in total. The van der Waals surface area contributed by atoms with E-state index >= 15 is 0 Å². The van der Waals surface area contributed by atoms with Gasteiger partial charge >= 0.3 is 5.69 Å². The van der Waals surface area contributed by atoms with Gasteiger partial charge in [-0.2, -0.15) is 0 Å². The lowest BCUT2D eigenvalue weighted by Gasteiger charge is -2.17. The summed E-state index contributed by atoms with van der Waals surface area (Å²) in [4.78, 5) is 47.4. The average molecular weight is 542 g/mol. The fourth-order valence-electron chi connectivity index (χ4n) is 3.72. The van der Waals surface area contributed by atoms with Gasteiger partial charge in [0, 0.05) is 34.2 Å². The zero-order chi connectivity index (χ0) is 23.4. The summed E-state index contributed by atoms with van der Waals surface area (Å²) < 4.78 is 3.56. The SMILES string of the molecule is CC(C)Cn1c(=O)n(C)c(=O)c2c(C(=O)N3C[C@](C)(O)CO3)c(Cc3sccc3Br)sc21. The summed E-state index contributed by atoms with van der Waals surface area (Å²) in [7, 11) is 1.43. The lowest BCUT2D eigenvalue weighted by molar-refractivity contribution is -0.0796. The van der Waals surface area contributed by atoms with Gasteiger partial charge in [0.05, 0.1) is 17.5 Å². The zero-order valence-electron chi connectivity index (χ0n) is 18.2. The highest BCUT2D eigenvalue weighted by molar-refractivity contribution is 9.10. The predicted octanol–water partition coefficient (Wildman–Crippen LogP) is 2.97. The lowest BCUT2D eigenvalue weighted by atomic mass is 10.1. The summed E-state index contributed by atoms with van der Waals surface area (Å²) in [6.07, 6.45) is 0.432. The van der Waals surface area contributed by atoms with Gasteiger partial charge in [0.15, 0.2) is 0 Å². The second-order valence-electron chi connectivity index (χ2n) is 8.71. The van der Waals surface area contributed by atoms with Crippen LogP contribution in [0.15, 0.2) is 25.5 Å². The van der Waals surface area contributed by atoms with Crippen LogP contribution in [0.2, 0.25) is 0 Å². The third-order valence-electron chi connectivity index (χ3n) is 5.26. The molecule has 3 aromatic rings. The number of carbonyl (C=O) groups excluding carboxylic acids is 1. The highest BCUT2D eigenvalue weighted by Gasteiger charge is 2.38. The van der Waals surface area contributed by atoms with E-state index < -0.39 is 22.8 Å². The molecule has 0 aromatic carbocycles. The normalized spacial score (nSPS) is 18.9. The molecule has 11 heteroatoms. The van der Waals surface area contributed by atoms with Gasteiger partial charge in [-0.3, -0.25) is 23.6 Å². The van der Waals surface area contributed by atoms with Crippen molar-refractivity contribution < 1.29 is 14.7 Å². The van der Waals surface area contributed by atoms with Gasteiger partial charge in [-0.1, -0.05) is 13.8 Å². The molecule has 1 aliphatic heterocycles. The summed E-state index contributed by atoms with van der Waals surface area (Å²) in [6.45, 7) is 5.99. The maximum atomic E-state index is 13.6. The van der Waals surface area contributed by atoms with Crippen molar-refractivity contribution >= 4 is 54.7 Å². The highest BCUT2D eigenvalue weighted by atomic mass is 79.9. The maximum absolute atomic E-state index is 13.6. The zero-order valence-corrected chi connectivity index (χ0v) is 21.4. The van der Waals surface area contributed by atoms with E-state index in [1.54, 1.807) is 22.8 Å². The van der Waals surface area contributed by atoms with Crippen molar-refractivity contribution in [1.29, 1.82) is 0 Å². The van der Waals surface area contributed by atoms with E-state index in [9.17, 15) is 19.5 Å². The lowest BCUT2D eigenvalue weighted by Crippen LogP contribution is -2.39. The minimum absolute atomic E-state index is 0.00272. The molecule has 32 heavy (non-hydrogen) atoms. The maximum Gasteiger partial charge on any atom is 0.331 e. The number of amides is 1. The highest BCUT2D eigenvalue weighted by Crippen LogP contribution is 2.35. The van der Waals surface area contributed by atoms with Gasteiger partial charge in [0.25, 0.3) is 11.5 Å². The molecule has 1 N–H and O–H groups in total. The van der Waals surface area contributed by atoms with Gasteiger partial charge in [-0.05, 0) is 40.2 Å². The first-order valence-electron chi connectivity index (χ1n) is 10.1. The Hall–Kier alpha value is -1.79. The largest absolute Gasteiger partial charge is 0.386 e. The van der Waals surface area contributed by atoms with Crippen molar-refractivity contribution in [3.05, 3.63) is 52.1 Å². The molecule has 1 fully saturated rings. The fourth-order valence-corrected chi connectivity index (χ4v) is 6.61. The van der Waals surface area contributed by atoms with E-state index in [0.29, 0.717) is 22.7 Å². The number of nitrogens with zero attached hydrogens (tertiary/aromatic N) is 3.